The number of phenolic OH excluding ortho intramolecular Hbond substituents is 2. The highest BCUT2D eigenvalue weighted by atomic mass is 35.5. The molecular formula is C14H18ClNO4. The summed E-state index contributed by atoms with van der Waals surface area (Å²) in [5.74, 6) is -0.315. The lowest BCUT2D eigenvalue weighted by atomic mass is 10.0. The number of halogens is 1. The van der Waals surface area contributed by atoms with Crippen molar-refractivity contribution in [3.63, 3.8) is 0 Å². The van der Waals surface area contributed by atoms with E-state index in [0.717, 1.165) is 6.07 Å². The molecule has 0 radical (unpaired) electrons. The molecule has 1 unspecified atom stereocenters. The van der Waals surface area contributed by atoms with Gasteiger partial charge in [0, 0.05) is 19.2 Å². The number of hydrogen-bond acceptors (Lipinski definition) is 4. The van der Waals surface area contributed by atoms with Gasteiger partial charge >= 0.3 is 0 Å². The van der Waals surface area contributed by atoms with E-state index in [2.05, 4.69) is 0 Å². The Labute approximate surface area is 122 Å². The molecule has 0 bridgehead atoms. The number of hydrogen-bond donors (Lipinski definition) is 2. The Balaban J connectivity index is 2.23. The molecule has 0 aromatic heterocycles. The molecule has 5 nitrogen and oxygen atoms in total. The summed E-state index contributed by atoms with van der Waals surface area (Å²) in [5, 5.41) is 19.1. The molecule has 20 heavy (non-hydrogen) atoms. The van der Waals surface area contributed by atoms with Crippen molar-refractivity contribution in [2.75, 3.05) is 19.0 Å². The summed E-state index contributed by atoms with van der Waals surface area (Å²) in [5.41, 5.74) is -0.325. The van der Waals surface area contributed by atoms with Crippen molar-refractivity contribution in [2.24, 2.45) is 0 Å². The standard InChI is InChI=1S/C14H18ClNO4/c1-14(2)8-16(7-10(6-15)20-14)13(19)11-4-3-9(17)5-12(11)18/h3-5,10,17-18H,6-8H2,1-2H3. The third-order valence-electron chi connectivity index (χ3n) is 3.15. The Bertz CT molecular complexity index is 518. The zero-order valence-electron chi connectivity index (χ0n) is 11.5. The second-order valence-corrected chi connectivity index (χ2v) is 5.85. The predicted molar refractivity (Wildman–Crippen MR) is 75.3 cm³/mol. The molecule has 1 heterocycles. The number of amides is 1. The molecule has 6 heteroatoms. The van der Waals surface area contributed by atoms with Gasteiger partial charge in [-0.15, -0.1) is 11.6 Å². The zero-order valence-corrected chi connectivity index (χ0v) is 12.2. The number of aromatic hydroxyl groups is 2. The van der Waals surface area contributed by atoms with Crippen molar-refractivity contribution in [3.8, 4) is 11.5 Å². The molecule has 1 aliphatic heterocycles. The number of morpholine rings is 1. The number of rotatable bonds is 2. The first-order valence-electron chi connectivity index (χ1n) is 6.37. The highest BCUT2D eigenvalue weighted by Gasteiger charge is 2.36. The first-order chi connectivity index (χ1) is 9.32. The van der Waals surface area contributed by atoms with Gasteiger partial charge in [-0.2, -0.15) is 0 Å². The zero-order chi connectivity index (χ0) is 14.9. The summed E-state index contributed by atoms with van der Waals surface area (Å²) in [6, 6.07) is 3.93. The normalized spacial score (nSPS) is 21.8. The van der Waals surface area contributed by atoms with Crippen molar-refractivity contribution >= 4 is 17.5 Å². The van der Waals surface area contributed by atoms with E-state index >= 15 is 0 Å². The molecule has 2 rings (SSSR count). The molecule has 1 saturated heterocycles. The summed E-state index contributed by atoms with van der Waals surface area (Å²) in [6.45, 7) is 4.58. The van der Waals surface area contributed by atoms with Crippen molar-refractivity contribution in [3.05, 3.63) is 23.8 Å². The fourth-order valence-electron chi connectivity index (χ4n) is 2.40. The fourth-order valence-corrected chi connectivity index (χ4v) is 2.56. The maximum Gasteiger partial charge on any atom is 0.257 e. The Morgan fingerprint density at radius 2 is 2.20 bits per heavy atom. The van der Waals surface area contributed by atoms with Gasteiger partial charge in [0.1, 0.15) is 11.5 Å². The largest absolute Gasteiger partial charge is 0.508 e. The van der Waals surface area contributed by atoms with Gasteiger partial charge in [0.15, 0.2) is 0 Å². The number of alkyl halides is 1. The number of benzene rings is 1. The third kappa shape index (κ3) is 3.16. The average molecular weight is 300 g/mol. The first-order valence-corrected chi connectivity index (χ1v) is 6.91. The summed E-state index contributed by atoms with van der Waals surface area (Å²) in [6.07, 6.45) is -0.233. The molecule has 110 valence electrons. The number of ether oxygens (including phenoxy) is 1. The first kappa shape index (κ1) is 14.9. The summed E-state index contributed by atoms with van der Waals surface area (Å²) in [4.78, 5) is 14.1. The maximum atomic E-state index is 12.5. The molecule has 0 saturated carbocycles. The molecule has 2 N–H and O–H groups in total. The van der Waals surface area contributed by atoms with Crippen molar-refractivity contribution in [1.29, 1.82) is 0 Å². The fraction of sp³-hybridized carbons (Fsp3) is 0.500. The van der Waals surface area contributed by atoms with Crippen LogP contribution < -0.4 is 0 Å². The van der Waals surface area contributed by atoms with Crippen LogP contribution in [0.5, 0.6) is 11.5 Å². The van der Waals surface area contributed by atoms with Gasteiger partial charge in [-0.3, -0.25) is 4.79 Å². The van der Waals surface area contributed by atoms with Gasteiger partial charge in [-0.1, -0.05) is 0 Å². The summed E-state index contributed by atoms with van der Waals surface area (Å²) < 4.78 is 5.76. The smallest absolute Gasteiger partial charge is 0.257 e. The minimum Gasteiger partial charge on any atom is -0.508 e. The Morgan fingerprint density at radius 1 is 1.50 bits per heavy atom. The third-order valence-corrected chi connectivity index (χ3v) is 3.50. The van der Waals surface area contributed by atoms with E-state index in [1.54, 1.807) is 4.90 Å². The lowest BCUT2D eigenvalue weighted by Gasteiger charge is -2.42. The highest BCUT2D eigenvalue weighted by Crippen LogP contribution is 2.27. The van der Waals surface area contributed by atoms with Gasteiger partial charge in [0.05, 0.1) is 23.1 Å². The van der Waals surface area contributed by atoms with Crippen molar-refractivity contribution < 1.29 is 19.7 Å². The minimum absolute atomic E-state index is 0.0833. The lowest BCUT2D eigenvalue weighted by Crippen LogP contribution is -2.55. The maximum absolute atomic E-state index is 12.5. The van der Waals surface area contributed by atoms with Gasteiger partial charge in [-0.05, 0) is 26.0 Å². The topological polar surface area (TPSA) is 70.0 Å². The minimum atomic E-state index is -0.486. The van der Waals surface area contributed by atoms with Gasteiger partial charge in [0.2, 0.25) is 0 Å². The van der Waals surface area contributed by atoms with Crippen LogP contribution in [0.15, 0.2) is 18.2 Å². The SMILES string of the molecule is CC1(C)CN(C(=O)c2ccc(O)cc2O)CC(CCl)O1. The molecule has 1 aromatic rings. The molecule has 1 atom stereocenters. The van der Waals surface area contributed by atoms with Crippen LogP contribution in [0.25, 0.3) is 0 Å². The van der Waals surface area contributed by atoms with E-state index in [1.807, 2.05) is 13.8 Å². The van der Waals surface area contributed by atoms with Crippen LogP contribution in [0.3, 0.4) is 0 Å². The van der Waals surface area contributed by atoms with Gasteiger partial charge in [-0.25, -0.2) is 0 Å². The Hall–Kier alpha value is -1.46. The molecule has 0 spiro atoms. The van der Waals surface area contributed by atoms with Crippen LogP contribution in [0, 0.1) is 0 Å². The van der Waals surface area contributed by atoms with E-state index in [0.29, 0.717) is 19.0 Å². The van der Waals surface area contributed by atoms with Crippen molar-refractivity contribution in [1.82, 2.24) is 4.90 Å². The molecule has 1 amide bonds. The molecule has 1 aromatic carbocycles. The molecule has 0 aliphatic carbocycles. The number of nitrogens with zero attached hydrogens (tertiary/aromatic N) is 1. The lowest BCUT2D eigenvalue weighted by molar-refractivity contribution is -0.117. The second kappa shape index (κ2) is 5.50. The summed E-state index contributed by atoms with van der Waals surface area (Å²) in [7, 11) is 0. The Morgan fingerprint density at radius 3 is 2.80 bits per heavy atom. The molecular weight excluding hydrogens is 282 g/mol. The van der Waals surface area contributed by atoms with Crippen LogP contribution in [0.2, 0.25) is 0 Å². The van der Waals surface area contributed by atoms with E-state index in [9.17, 15) is 15.0 Å². The number of phenols is 2. The summed E-state index contributed by atoms with van der Waals surface area (Å²) >= 11 is 5.83. The van der Waals surface area contributed by atoms with E-state index < -0.39 is 5.60 Å². The van der Waals surface area contributed by atoms with Gasteiger partial charge in [0.25, 0.3) is 5.91 Å². The van der Waals surface area contributed by atoms with Gasteiger partial charge < -0.3 is 19.8 Å². The van der Waals surface area contributed by atoms with Crippen LogP contribution >= 0.6 is 11.6 Å². The predicted octanol–water partition coefficient (Wildman–Crippen LogP) is 1.96. The van der Waals surface area contributed by atoms with Crippen LogP contribution in [0.4, 0.5) is 0 Å². The number of carbonyl (C=O) groups is 1. The van der Waals surface area contributed by atoms with Crippen LogP contribution in [-0.4, -0.2) is 51.7 Å². The average Bonchev–Trinajstić information content (AvgIpc) is 2.36. The van der Waals surface area contributed by atoms with E-state index in [-0.39, 0.29) is 29.1 Å². The van der Waals surface area contributed by atoms with E-state index in [4.69, 9.17) is 16.3 Å². The van der Waals surface area contributed by atoms with Crippen molar-refractivity contribution in [2.45, 2.75) is 25.6 Å². The highest BCUT2D eigenvalue weighted by molar-refractivity contribution is 6.18. The quantitative estimate of drug-likeness (QED) is 0.819. The molecule has 1 fully saturated rings. The van der Waals surface area contributed by atoms with Crippen LogP contribution in [0.1, 0.15) is 24.2 Å². The Kier molecular flexibility index (Phi) is 4.11. The van der Waals surface area contributed by atoms with E-state index in [1.165, 1.54) is 12.1 Å². The second-order valence-electron chi connectivity index (χ2n) is 5.54. The number of carbonyl (C=O) groups excluding carboxylic acids is 1. The van der Waals surface area contributed by atoms with Crippen LogP contribution in [-0.2, 0) is 4.74 Å². The molecule has 1 aliphatic rings. The monoisotopic (exact) mass is 299 g/mol.